The van der Waals surface area contributed by atoms with E-state index < -0.39 is 8.32 Å². The molecule has 3 saturated heterocycles. The Morgan fingerprint density at radius 3 is 2.07 bits per heavy atom. The number of nitrogens with zero attached hydrogens (tertiary/aromatic N) is 1. The van der Waals surface area contributed by atoms with Gasteiger partial charge in [0.1, 0.15) is 0 Å². The van der Waals surface area contributed by atoms with Crippen LogP contribution in [0.5, 0.6) is 0 Å². The van der Waals surface area contributed by atoms with Crippen LogP contribution < -0.4 is 10.4 Å². The van der Waals surface area contributed by atoms with Gasteiger partial charge in [-0.3, -0.25) is 4.90 Å². The fraction of sp³-hybridized carbons (Fsp3) is 0.462. The first-order chi connectivity index (χ1) is 14.0. The minimum atomic E-state index is -2.43. The van der Waals surface area contributed by atoms with Gasteiger partial charge < -0.3 is 4.43 Å². The molecular formula is C26H35NOSi. The summed E-state index contributed by atoms with van der Waals surface area (Å²) in [5.41, 5.74) is 0. The monoisotopic (exact) mass is 405 g/mol. The van der Waals surface area contributed by atoms with Gasteiger partial charge in [-0.1, -0.05) is 87.5 Å². The SMILES string of the molecule is C=CC1CN2CCC1CC2CO[Si](c1ccccc1)(c1ccccc1)C(C)(C)C. The lowest BCUT2D eigenvalue weighted by Gasteiger charge is -2.51. The van der Waals surface area contributed by atoms with Crippen LogP contribution in [0.2, 0.25) is 5.04 Å². The highest BCUT2D eigenvalue weighted by Crippen LogP contribution is 2.40. The summed E-state index contributed by atoms with van der Waals surface area (Å²) in [6, 6.07) is 22.5. The Hall–Kier alpha value is -1.68. The molecule has 2 bridgehead atoms. The first-order valence-corrected chi connectivity index (χ1v) is 13.0. The van der Waals surface area contributed by atoms with E-state index in [2.05, 4.69) is 99.0 Å². The van der Waals surface area contributed by atoms with E-state index in [1.165, 1.54) is 29.8 Å². The molecule has 3 aliphatic heterocycles. The zero-order valence-electron chi connectivity index (χ0n) is 18.2. The highest BCUT2D eigenvalue weighted by atomic mass is 28.4. The van der Waals surface area contributed by atoms with Gasteiger partial charge in [0.15, 0.2) is 0 Å². The minimum absolute atomic E-state index is 0.0440. The normalized spacial score (nSPS) is 27.0. The quantitative estimate of drug-likeness (QED) is 0.520. The van der Waals surface area contributed by atoms with Crippen LogP contribution >= 0.6 is 0 Å². The average Bonchev–Trinajstić information content (AvgIpc) is 2.75. The molecule has 4 atom stereocenters. The second-order valence-corrected chi connectivity index (χ2v) is 14.1. The van der Waals surface area contributed by atoms with E-state index in [9.17, 15) is 0 Å². The van der Waals surface area contributed by atoms with Crippen LogP contribution in [-0.2, 0) is 4.43 Å². The molecule has 0 radical (unpaired) electrons. The van der Waals surface area contributed by atoms with Crippen molar-refractivity contribution < 1.29 is 4.43 Å². The lowest BCUT2D eigenvalue weighted by atomic mass is 9.76. The molecule has 2 aromatic carbocycles. The van der Waals surface area contributed by atoms with Crippen LogP contribution in [0.15, 0.2) is 73.3 Å². The summed E-state index contributed by atoms with van der Waals surface area (Å²) in [5.74, 6) is 1.44. The first-order valence-electron chi connectivity index (χ1n) is 11.1. The van der Waals surface area contributed by atoms with Gasteiger partial charge in [0.25, 0.3) is 8.32 Å². The van der Waals surface area contributed by atoms with Crippen molar-refractivity contribution in [3.63, 3.8) is 0 Å². The van der Waals surface area contributed by atoms with E-state index in [0.717, 1.165) is 19.1 Å². The van der Waals surface area contributed by atoms with Crippen molar-refractivity contribution in [1.82, 2.24) is 4.90 Å². The van der Waals surface area contributed by atoms with Crippen molar-refractivity contribution in [2.45, 2.75) is 44.7 Å². The van der Waals surface area contributed by atoms with Crippen molar-refractivity contribution in [3.05, 3.63) is 73.3 Å². The summed E-state index contributed by atoms with van der Waals surface area (Å²) in [4.78, 5) is 2.66. The smallest absolute Gasteiger partial charge is 0.261 e. The van der Waals surface area contributed by atoms with Crippen LogP contribution in [0.25, 0.3) is 0 Å². The topological polar surface area (TPSA) is 12.5 Å². The molecule has 2 nitrogen and oxygen atoms in total. The maximum Gasteiger partial charge on any atom is 0.261 e. The molecular weight excluding hydrogens is 370 g/mol. The van der Waals surface area contributed by atoms with E-state index in [0.29, 0.717) is 12.0 Å². The summed E-state index contributed by atoms with van der Waals surface area (Å²) < 4.78 is 7.20. The molecule has 0 aliphatic carbocycles. The Morgan fingerprint density at radius 2 is 1.62 bits per heavy atom. The molecule has 2 aromatic rings. The van der Waals surface area contributed by atoms with E-state index in [1.807, 2.05) is 0 Å². The Balaban J connectivity index is 1.67. The third-order valence-corrected chi connectivity index (χ3v) is 12.1. The Morgan fingerprint density at radius 1 is 1.03 bits per heavy atom. The van der Waals surface area contributed by atoms with Crippen LogP contribution in [0, 0.1) is 11.8 Å². The number of fused-ring (bicyclic) bond motifs is 3. The second kappa shape index (κ2) is 8.21. The van der Waals surface area contributed by atoms with Crippen molar-refractivity contribution >= 4 is 18.7 Å². The maximum atomic E-state index is 7.20. The third-order valence-electron chi connectivity index (χ3n) is 7.14. The lowest BCUT2D eigenvalue weighted by molar-refractivity contribution is -0.00318. The van der Waals surface area contributed by atoms with Gasteiger partial charge in [-0.15, -0.1) is 6.58 Å². The second-order valence-electron chi connectivity index (χ2n) is 9.81. The van der Waals surface area contributed by atoms with Crippen molar-refractivity contribution in [3.8, 4) is 0 Å². The van der Waals surface area contributed by atoms with Gasteiger partial charge >= 0.3 is 0 Å². The zero-order chi connectivity index (χ0) is 20.5. The van der Waals surface area contributed by atoms with Crippen LogP contribution in [-0.4, -0.2) is 39.0 Å². The Kier molecular flexibility index (Phi) is 5.83. The molecule has 0 amide bonds. The van der Waals surface area contributed by atoms with Crippen LogP contribution in [0.3, 0.4) is 0 Å². The molecule has 3 aliphatic rings. The molecule has 0 N–H and O–H groups in total. The van der Waals surface area contributed by atoms with Crippen molar-refractivity contribution in [2.75, 3.05) is 19.7 Å². The summed E-state index contributed by atoms with van der Waals surface area (Å²) in [6.45, 7) is 14.4. The van der Waals surface area contributed by atoms with Gasteiger partial charge in [0.05, 0.1) is 6.61 Å². The number of piperidine rings is 3. The molecule has 4 unspecified atom stereocenters. The van der Waals surface area contributed by atoms with Crippen molar-refractivity contribution in [1.29, 1.82) is 0 Å². The Bertz CT molecular complexity index is 774. The summed E-state index contributed by atoms with van der Waals surface area (Å²) >= 11 is 0. The number of benzene rings is 2. The van der Waals surface area contributed by atoms with Gasteiger partial charge in [0.2, 0.25) is 0 Å². The molecule has 3 fully saturated rings. The molecule has 3 heterocycles. The van der Waals surface area contributed by atoms with Gasteiger partial charge in [-0.25, -0.2) is 0 Å². The highest BCUT2D eigenvalue weighted by Gasteiger charge is 2.51. The van der Waals surface area contributed by atoms with Crippen LogP contribution in [0.4, 0.5) is 0 Å². The lowest BCUT2D eigenvalue weighted by Crippen LogP contribution is -2.68. The van der Waals surface area contributed by atoms with Gasteiger partial charge in [0, 0.05) is 12.6 Å². The Labute approximate surface area is 177 Å². The molecule has 29 heavy (non-hydrogen) atoms. The van der Waals surface area contributed by atoms with E-state index >= 15 is 0 Å². The van der Waals surface area contributed by atoms with Gasteiger partial charge in [-0.2, -0.15) is 0 Å². The fourth-order valence-corrected chi connectivity index (χ4v) is 10.2. The molecule has 154 valence electrons. The molecule has 0 saturated carbocycles. The van der Waals surface area contributed by atoms with E-state index in [4.69, 9.17) is 4.43 Å². The number of hydrogen-bond donors (Lipinski definition) is 0. The number of hydrogen-bond acceptors (Lipinski definition) is 2. The standard InChI is InChI=1S/C26H35NOSi/c1-5-21-19-27-17-16-22(21)18-23(27)20-28-29(26(2,3)4,24-12-8-6-9-13-24)25-14-10-7-11-15-25/h5-15,21-23H,1,16-20H2,2-4H3. The van der Waals surface area contributed by atoms with Gasteiger partial charge in [-0.05, 0) is 46.6 Å². The molecule has 3 heteroatoms. The maximum absolute atomic E-state index is 7.20. The summed E-state index contributed by atoms with van der Waals surface area (Å²) in [5, 5.41) is 2.79. The third kappa shape index (κ3) is 3.76. The van der Waals surface area contributed by atoms with Crippen molar-refractivity contribution in [2.24, 2.45) is 11.8 Å². The minimum Gasteiger partial charge on any atom is -0.406 e. The average molecular weight is 406 g/mol. The van der Waals surface area contributed by atoms with E-state index in [1.54, 1.807) is 0 Å². The molecule has 0 aromatic heterocycles. The highest BCUT2D eigenvalue weighted by molar-refractivity contribution is 6.99. The summed E-state index contributed by atoms with van der Waals surface area (Å²) in [7, 11) is -2.43. The predicted octanol–water partition coefficient (Wildman–Crippen LogP) is 4.46. The fourth-order valence-electron chi connectivity index (χ4n) is 5.60. The first kappa shape index (κ1) is 20.6. The largest absolute Gasteiger partial charge is 0.406 e. The number of rotatable bonds is 6. The molecule has 0 spiro atoms. The summed E-state index contributed by atoms with van der Waals surface area (Å²) in [6.07, 6.45) is 4.73. The predicted molar refractivity (Wildman–Crippen MR) is 125 cm³/mol. The van der Waals surface area contributed by atoms with Crippen LogP contribution in [0.1, 0.15) is 33.6 Å². The zero-order valence-corrected chi connectivity index (χ0v) is 19.2. The van der Waals surface area contributed by atoms with E-state index in [-0.39, 0.29) is 5.04 Å². The molecule has 5 rings (SSSR count).